The van der Waals surface area contributed by atoms with Crippen LogP contribution in [0.15, 0.2) is 12.2 Å². The van der Waals surface area contributed by atoms with Gasteiger partial charge in [-0.25, -0.2) is 0 Å². The molecule has 0 bridgehead atoms. The van der Waals surface area contributed by atoms with Crippen LogP contribution in [0.25, 0.3) is 0 Å². The predicted molar refractivity (Wildman–Crippen MR) is 95.7 cm³/mol. The third-order valence-electron chi connectivity index (χ3n) is 4.55. The van der Waals surface area contributed by atoms with Crippen LogP contribution in [0, 0.1) is 0 Å². The summed E-state index contributed by atoms with van der Waals surface area (Å²) in [6.45, 7) is 2.27. The van der Waals surface area contributed by atoms with Gasteiger partial charge in [-0.1, -0.05) is 76.9 Å². The Labute approximate surface area is 142 Å². The lowest BCUT2D eigenvalue weighted by Crippen LogP contribution is -1.97. The Balaban J connectivity index is 1.79. The Morgan fingerprint density at radius 2 is 1.57 bits per heavy atom. The Bertz CT molecular complexity index is 325. The molecule has 2 atom stereocenters. The van der Waals surface area contributed by atoms with Gasteiger partial charge in [0.05, 0.1) is 6.10 Å². The normalized spacial score (nSPS) is 20.2. The molecule has 1 N–H and O–H groups in total. The molecule has 3 heteroatoms. The van der Waals surface area contributed by atoms with Crippen molar-refractivity contribution in [1.29, 1.82) is 0 Å². The second-order valence-electron chi connectivity index (χ2n) is 6.82. The van der Waals surface area contributed by atoms with Crippen LogP contribution in [0.3, 0.4) is 0 Å². The molecule has 2 unspecified atom stereocenters. The summed E-state index contributed by atoms with van der Waals surface area (Å²) < 4.78 is 5.52. The summed E-state index contributed by atoms with van der Waals surface area (Å²) >= 11 is 0. The van der Waals surface area contributed by atoms with Crippen molar-refractivity contribution in [3.8, 4) is 0 Å². The number of carboxylic acids is 1. The van der Waals surface area contributed by atoms with Crippen LogP contribution in [-0.4, -0.2) is 23.3 Å². The lowest BCUT2D eigenvalue weighted by molar-refractivity contribution is -0.137. The zero-order valence-electron chi connectivity index (χ0n) is 15.0. The van der Waals surface area contributed by atoms with Crippen LogP contribution in [0.5, 0.6) is 0 Å². The summed E-state index contributed by atoms with van der Waals surface area (Å²) in [5.41, 5.74) is 0. The topological polar surface area (TPSA) is 49.8 Å². The van der Waals surface area contributed by atoms with Crippen LogP contribution in [0.2, 0.25) is 0 Å². The Hall–Kier alpha value is -0.830. The van der Waals surface area contributed by atoms with E-state index in [-0.39, 0.29) is 18.6 Å². The first-order valence-electron chi connectivity index (χ1n) is 9.78. The fourth-order valence-corrected chi connectivity index (χ4v) is 2.99. The van der Waals surface area contributed by atoms with E-state index in [0.717, 1.165) is 19.3 Å². The van der Waals surface area contributed by atoms with Gasteiger partial charge in [0.1, 0.15) is 6.10 Å². The highest BCUT2D eigenvalue weighted by Gasteiger charge is 2.35. The number of unbranched alkanes of at least 4 members (excludes halogenated alkanes) is 10. The van der Waals surface area contributed by atoms with Crippen molar-refractivity contribution >= 4 is 5.97 Å². The number of hydrogen-bond acceptors (Lipinski definition) is 2. The predicted octanol–water partition coefficient (Wildman–Crippen LogP) is 5.88. The van der Waals surface area contributed by atoms with E-state index in [0.29, 0.717) is 0 Å². The van der Waals surface area contributed by atoms with Gasteiger partial charge in [0, 0.05) is 6.42 Å². The highest BCUT2D eigenvalue weighted by molar-refractivity contribution is 5.66. The van der Waals surface area contributed by atoms with Crippen molar-refractivity contribution in [3.63, 3.8) is 0 Å². The maximum atomic E-state index is 10.4. The van der Waals surface area contributed by atoms with E-state index in [1.54, 1.807) is 0 Å². The lowest BCUT2D eigenvalue weighted by atomic mass is 10.1. The number of ether oxygens (including phenoxy) is 1. The van der Waals surface area contributed by atoms with Crippen molar-refractivity contribution in [3.05, 3.63) is 12.2 Å². The average Bonchev–Trinajstić information content (AvgIpc) is 3.26. The van der Waals surface area contributed by atoms with Crippen molar-refractivity contribution in [1.82, 2.24) is 0 Å². The second kappa shape index (κ2) is 13.6. The van der Waals surface area contributed by atoms with Crippen molar-refractivity contribution < 1.29 is 14.6 Å². The fourth-order valence-electron chi connectivity index (χ4n) is 2.99. The van der Waals surface area contributed by atoms with Crippen LogP contribution in [-0.2, 0) is 9.53 Å². The van der Waals surface area contributed by atoms with Gasteiger partial charge in [-0.2, -0.15) is 0 Å². The largest absolute Gasteiger partial charge is 0.481 e. The van der Waals surface area contributed by atoms with Gasteiger partial charge in [-0.05, 0) is 25.7 Å². The molecule has 1 aliphatic rings. The van der Waals surface area contributed by atoms with Gasteiger partial charge in [-0.15, -0.1) is 0 Å². The number of aliphatic carboxylic acids is 1. The van der Waals surface area contributed by atoms with E-state index in [2.05, 4.69) is 19.1 Å². The molecule has 1 heterocycles. The smallest absolute Gasteiger partial charge is 0.303 e. The zero-order valence-corrected chi connectivity index (χ0v) is 15.0. The monoisotopic (exact) mass is 324 g/mol. The number of allylic oxidation sites excluding steroid dienone is 1. The number of carboxylic acid groups (broad SMARTS) is 1. The van der Waals surface area contributed by atoms with Gasteiger partial charge >= 0.3 is 5.97 Å². The molecule has 0 amide bonds. The molecule has 0 saturated carbocycles. The highest BCUT2D eigenvalue weighted by Crippen LogP contribution is 2.28. The van der Waals surface area contributed by atoms with Crippen LogP contribution in [0.1, 0.15) is 96.8 Å². The van der Waals surface area contributed by atoms with E-state index < -0.39 is 5.97 Å². The van der Waals surface area contributed by atoms with Gasteiger partial charge in [0.15, 0.2) is 0 Å². The number of carbonyl (C=O) groups is 1. The summed E-state index contributed by atoms with van der Waals surface area (Å²) in [6, 6.07) is 0. The van der Waals surface area contributed by atoms with Gasteiger partial charge in [0.2, 0.25) is 0 Å². The third-order valence-corrected chi connectivity index (χ3v) is 4.55. The maximum absolute atomic E-state index is 10.4. The molecule has 1 rings (SSSR count). The molecular formula is C20H36O3. The molecule has 134 valence electrons. The number of epoxide rings is 1. The Morgan fingerprint density at radius 1 is 0.957 bits per heavy atom. The highest BCUT2D eigenvalue weighted by atomic mass is 16.6. The standard InChI is InChI=1S/C20H36O3/c1-2-3-4-5-6-7-8-9-10-11-12-13-15-18-19(23-18)16-14-17-20(21)22/h13,15,18-19H,2-12,14,16-17H2,1H3,(H,21,22)/b15-13+. The molecule has 0 radical (unpaired) electrons. The Kier molecular flexibility index (Phi) is 11.9. The van der Waals surface area contributed by atoms with Crippen LogP contribution >= 0.6 is 0 Å². The minimum absolute atomic E-state index is 0.256. The summed E-state index contributed by atoms with van der Waals surface area (Å²) in [6.07, 6.45) is 21.7. The van der Waals surface area contributed by atoms with Gasteiger partial charge in [0.25, 0.3) is 0 Å². The second-order valence-corrected chi connectivity index (χ2v) is 6.82. The third kappa shape index (κ3) is 12.3. The quantitative estimate of drug-likeness (QED) is 0.219. The lowest BCUT2D eigenvalue weighted by Gasteiger charge is -2.01. The molecule has 1 aliphatic heterocycles. The summed E-state index contributed by atoms with van der Waals surface area (Å²) in [5.74, 6) is -0.710. The minimum Gasteiger partial charge on any atom is -0.481 e. The SMILES string of the molecule is CCCCCCCCCCCC/C=C/C1OC1CCCC(=O)O. The van der Waals surface area contributed by atoms with Gasteiger partial charge in [-0.3, -0.25) is 4.79 Å². The fraction of sp³-hybridized carbons (Fsp3) is 0.850. The zero-order chi connectivity index (χ0) is 16.8. The molecule has 3 nitrogen and oxygen atoms in total. The molecular weight excluding hydrogens is 288 g/mol. The van der Waals surface area contributed by atoms with E-state index in [9.17, 15) is 4.79 Å². The summed E-state index contributed by atoms with van der Waals surface area (Å²) in [7, 11) is 0. The maximum Gasteiger partial charge on any atom is 0.303 e. The number of rotatable bonds is 16. The van der Waals surface area contributed by atoms with Crippen LogP contribution < -0.4 is 0 Å². The molecule has 0 spiro atoms. The molecule has 1 saturated heterocycles. The van der Waals surface area contributed by atoms with Gasteiger partial charge < -0.3 is 9.84 Å². The summed E-state index contributed by atoms with van der Waals surface area (Å²) in [5, 5.41) is 8.58. The Morgan fingerprint density at radius 3 is 2.17 bits per heavy atom. The van der Waals surface area contributed by atoms with Crippen LogP contribution in [0.4, 0.5) is 0 Å². The first-order valence-corrected chi connectivity index (χ1v) is 9.78. The van der Waals surface area contributed by atoms with E-state index >= 15 is 0 Å². The van der Waals surface area contributed by atoms with Crippen molar-refractivity contribution in [2.45, 2.75) is 109 Å². The average molecular weight is 325 g/mol. The summed E-state index contributed by atoms with van der Waals surface area (Å²) in [4.78, 5) is 10.4. The molecule has 1 fully saturated rings. The van der Waals surface area contributed by atoms with E-state index in [1.807, 2.05) is 0 Å². The number of hydrogen-bond donors (Lipinski definition) is 1. The first kappa shape index (κ1) is 20.2. The molecule has 0 aliphatic carbocycles. The van der Waals surface area contributed by atoms with Crippen molar-refractivity contribution in [2.24, 2.45) is 0 Å². The molecule has 0 aromatic carbocycles. The van der Waals surface area contributed by atoms with Crippen molar-refractivity contribution in [2.75, 3.05) is 0 Å². The molecule has 0 aromatic heterocycles. The van der Waals surface area contributed by atoms with E-state index in [4.69, 9.17) is 9.84 Å². The minimum atomic E-state index is -0.710. The van der Waals surface area contributed by atoms with E-state index in [1.165, 1.54) is 64.2 Å². The molecule has 0 aromatic rings. The first-order chi connectivity index (χ1) is 11.2. The molecule has 23 heavy (non-hydrogen) atoms.